The van der Waals surface area contributed by atoms with E-state index in [2.05, 4.69) is 31.2 Å². The predicted molar refractivity (Wildman–Crippen MR) is 99.3 cm³/mol. The summed E-state index contributed by atoms with van der Waals surface area (Å²) in [4.78, 5) is 20.4. The molecular weight excluding hydrogens is 394 g/mol. The van der Waals surface area contributed by atoms with Gasteiger partial charge >= 0.3 is 5.97 Å². The number of esters is 1. The van der Waals surface area contributed by atoms with Crippen LogP contribution in [0.25, 0.3) is 0 Å². The fourth-order valence-corrected chi connectivity index (χ4v) is 3.51. The molecule has 0 amide bonds. The second kappa shape index (κ2) is 8.00. The van der Waals surface area contributed by atoms with E-state index in [0.29, 0.717) is 12.2 Å². The third kappa shape index (κ3) is 5.88. The lowest BCUT2D eigenvalue weighted by Gasteiger charge is -2.39. The Hall–Kier alpha value is -0.880. The van der Waals surface area contributed by atoms with Crippen LogP contribution in [0.2, 0.25) is 5.28 Å². The summed E-state index contributed by atoms with van der Waals surface area (Å²) in [5, 5.41) is 3.74. The van der Waals surface area contributed by atoms with Crippen molar-refractivity contribution in [3.63, 3.8) is 0 Å². The van der Waals surface area contributed by atoms with E-state index in [1.807, 2.05) is 20.8 Å². The molecule has 1 saturated carbocycles. The lowest BCUT2D eigenvalue weighted by Crippen LogP contribution is -2.41. The predicted octanol–water partition coefficient (Wildman–Crippen LogP) is 5.13. The molecule has 0 radical (unpaired) electrons. The van der Waals surface area contributed by atoms with Crippen LogP contribution in [0.4, 0.5) is 5.82 Å². The Kier molecular flexibility index (Phi) is 6.48. The number of aromatic nitrogens is 2. The maximum Gasteiger partial charge on any atom is 0.306 e. The molecule has 5 nitrogen and oxygen atoms in total. The molecule has 0 saturated heterocycles. The fourth-order valence-electron chi connectivity index (χ4n) is 3.08. The average molecular weight is 419 g/mol. The molecule has 0 atom stereocenters. The fraction of sp³-hybridized carbons (Fsp3) is 0.706. The Morgan fingerprint density at radius 2 is 2.04 bits per heavy atom. The normalized spacial score (nSPS) is 17.4. The summed E-state index contributed by atoms with van der Waals surface area (Å²) in [6, 6.07) is 0. The lowest BCUT2D eigenvalue weighted by molar-refractivity contribution is -0.155. The van der Waals surface area contributed by atoms with Crippen molar-refractivity contribution < 1.29 is 9.53 Å². The van der Waals surface area contributed by atoms with Crippen molar-refractivity contribution in [3.05, 3.63) is 16.0 Å². The largest absolute Gasteiger partial charge is 0.460 e. The minimum atomic E-state index is -0.451. The Labute approximate surface area is 157 Å². The highest BCUT2D eigenvalue weighted by Gasteiger charge is 2.34. The number of nitrogens with zero attached hydrogens (tertiary/aromatic N) is 2. The molecule has 0 spiro atoms. The Balaban J connectivity index is 2.09. The number of halogens is 2. The number of anilines is 1. The summed E-state index contributed by atoms with van der Waals surface area (Å²) in [5.74, 6) is 0.523. The molecular formula is C17H25BrClN3O2. The van der Waals surface area contributed by atoms with Crippen molar-refractivity contribution in [1.82, 2.24) is 9.97 Å². The van der Waals surface area contributed by atoms with Gasteiger partial charge in [0.1, 0.15) is 11.4 Å². The van der Waals surface area contributed by atoms with E-state index in [4.69, 9.17) is 16.3 Å². The van der Waals surface area contributed by atoms with Crippen LogP contribution in [-0.2, 0) is 9.53 Å². The van der Waals surface area contributed by atoms with E-state index >= 15 is 0 Å². The highest BCUT2D eigenvalue weighted by atomic mass is 79.9. The smallest absolute Gasteiger partial charge is 0.306 e. The molecule has 7 heteroatoms. The van der Waals surface area contributed by atoms with E-state index in [-0.39, 0.29) is 16.8 Å². The first-order valence-corrected chi connectivity index (χ1v) is 9.54. The van der Waals surface area contributed by atoms with Crippen LogP contribution in [0, 0.1) is 0 Å². The minimum Gasteiger partial charge on any atom is -0.460 e. The molecule has 1 fully saturated rings. The van der Waals surface area contributed by atoms with Gasteiger partial charge < -0.3 is 10.1 Å². The summed E-state index contributed by atoms with van der Waals surface area (Å²) in [6.07, 6.45) is 8.25. The number of nitrogens with one attached hydrogen (secondary N) is 1. The van der Waals surface area contributed by atoms with Crippen molar-refractivity contribution in [2.45, 2.75) is 76.9 Å². The maximum absolute atomic E-state index is 12.1. The van der Waals surface area contributed by atoms with Crippen LogP contribution in [0.15, 0.2) is 10.7 Å². The van der Waals surface area contributed by atoms with Gasteiger partial charge in [0, 0.05) is 18.2 Å². The van der Waals surface area contributed by atoms with Gasteiger partial charge in [0.15, 0.2) is 0 Å². The summed E-state index contributed by atoms with van der Waals surface area (Å²) in [6.45, 7) is 5.67. The number of ether oxygens (including phenoxy) is 1. The van der Waals surface area contributed by atoms with Gasteiger partial charge in [-0.1, -0.05) is 19.3 Å². The van der Waals surface area contributed by atoms with Crippen molar-refractivity contribution in [2.24, 2.45) is 0 Å². The van der Waals surface area contributed by atoms with Gasteiger partial charge in [0.25, 0.3) is 0 Å². The first kappa shape index (κ1) is 19.4. The summed E-state index contributed by atoms with van der Waals surface area (Å²) in [7, 11) is 0. The molecule has 134 valence electrons. The topological polar surface area (TPSA) is 64.1 Å². The summed E-state index contributed by atoms with van der Waals surface area (Å²) in [5.41, 5.74) is -0.608. The number of carbonyl (C=O) groups is 1. The van der Waals surface area contributed by atoms with Gasteiger partial charge in [0.2, 0.25) is 5.28 Å². The quantitative estimate of drug-likeness (QED) is 0.530. The highest BCUT2D eigenvalue weighted by molar-refractivity contribution is 9.10. The third-order valence-corrected chi connectivity index (χ3v) is 4.90. The standard InChI is InChI=1S/C17H25BrClN3O2/c1-16(2,3)24-13(23)7-10-17(8-5-4-6-9-17)22-14-12(18)11-20-15(19)21-14/h11H,4-10H2,1-3H3,(H,20,21,22). The second-order valence-electron chi connectivity index (χ2n) is 7.39. The van der Waals surface area contributed by atoms with Gasteiger partial charge in [-0.15, -0.1) is 0 Å². The first-order valence-electron chi connectivity index (χ1n) is 8.37. The zero-order valence-electron chi connectivity index (χ0n) is 14.5. The molecule has 1 N–H and O–H groups in total. The van der Waals surface area contributed by atoms with Crippen LogP contribution >= 0.6 is 27.5 Å². The Bertz CT molecular complexity index is 584. The zero-order valence-corrected chi connectivity index (χ0v) is 16.8. The molecule has 1 aromatic rings. The van der Waals surface area contributed by atoms with Crippen LogP contribution in [-0.4, -0.2) is 27.1 Å². The molecule has 0 unspecified atom stereocenters. The van der Waals surface area contributed by atoms with Crippen molar-refractivity contribution in [3.8, 4) is 0 Å². The molecule has 1 heterocycles. The average Bonchev–Trinajstić information content (AvgIpc) is 2.48. The number of hydrogen-bond acceptors (Lipinski definition) is 5. The number of rotatable bonds is 5. The SMILES string of the molecule is CC(C)(C)OC(=O)CCC1(Nc2nc(Cl)ncc2Br)CCCCC1. The van der Waals surface area contributed by atoms with Crippen molar-refractivity contribution in [2.75, 3.05) is 5.32 Å². The molecule has 2 rings (SSSR count). The van der Waals surface area contributed by atoms with Crippen LogP contribution < -0.4 is 5.32 Å². The molecule has 1 aliphatic carbocycles. The molecule has 24 heavy (non-hydrogen) atoms. The monoisotopic (exact) mass is 417 g/mol. The highest BCUT2D eigenvalue weighted by Crippen LogP contribution is 2.37. The molecule has 1 aliphatic rings. The van der Waals surface area contributed by atoms with Gasteiger partial charge in [-0.2, -0.15) is 4.98 Å². The number of carbonyl (C=O) groups excluding carboxylic acids is 1. The Morgan fingerprint density at radius 3 is 2.67 bits per heavy atom. The second-order valence-corrected chi connectivity index (χ2v) is 8.58. The van der Waals surface area contributed by atoms with Gasteiger partial charge in [-0.3, -0.25) is 4.79 Å². The van der Waals surface area contributed by atoms with Gasteiger partial charge in [-0.25, -0.2) is 4.98 Å². The first-order chi connectivity index (χ1) is 11.2. The van der Waals surface area contributed by atoms with Crippen molar-refractivity contribution in [1.29, 1.82) is 0 Å². The van der Waals surface area contributed by atoms with Crippen LogP contribution in [0.1, 0.15) is 65.7 Å². The molecule has 0 aliphatic heterocycles. The zero-order chi connectivity index (χ0) is 17.8. The molecule has 0 bridgehead atoms. The van der Waals surface area contributed by atoms with E-state index in [1.165, 1.54) is 6.42 Å². The summed E-state index contributed by atoms with van der Waals surface area (Å²) < 4.78 is 6.22. The third-order valence-electron chi connectivity index (χ3n) is 4.14. The van der Waals surface area contributed by atoms with E-state index in [1.54, 1.807) is 6.20 Å². The molecule has 1 aromatic heterocycles. The Morgan fingerprint density at radius 1 is 1.38 bits per heavy atom. The van der Waals surface area contributed by atoms with Crippen molar-refractivity contribution >= 4 is 39.3 Å². The molecule has 0 aromatic carbocycles. The minimum absolute atomic E-state index is 0.157. The van der Waals surface area contributed by atoms with Gasteiger partial charge in [-0.05, 0) is 67.6 Å². The lowest BCUT2D eigenvalue weighted by atomic mass is 9.78. The van der Waals surface area contributed by atoms with E-state index in [9.17, 15) is 4.79 Å². The van der Waals surface area contributed by atoms with Gasteiger partial charge in [0.05, 0.1) is 4.47 Å². The van der Waals surface area contributed by atoms with E-state index in [0.717, 1.165) is 36.6 Å². The number of hydrogen-bond donors (Lipinski definition) is 1. The maximum atomic E-state index is 12.1. The van der Waals surface area contributed by atoms with Crippen LogP contribution in [0.3, 0.4) is 0 Å². The van der Waals surface area contributed by atoms with Crippen LogP contribution in [0.5, 0.6) is 0 Å². The van der Waals surface area contributed by atoms with E-state index < -0.39 is 5.60 Å². The summed E-state index contributed by atoms with van der Waals surface area (Å²) >= 11 is 9.39.